The summed E-state index contributed by atoms with van der Waals surface area (Å²) in [4.78, 5) is 27.7. The second-order valence-electron chi connectivity index (χ2n) is 6.30. The van der Waals surface area contributed by atoms with E-state index in [2.05, 4.69) is 9.97 Å². The highest BCUT2D eigenvalue weighted by Gasteiger charge is 2.19. The Morgan fingerprint density at radius 2 is 1.64 bits per heavy atom. The number of imidazole rings is 1. The summed E-state index contributed by atoms with van der Waals surface area (Å²) in [7, 11) is 0.758. The molecule has 0 saturated carbocycles. The minimum atomic E-state index is -4.28. The minimum absolute atomic E-state index is 0.0287. The van der Waals surface area contributed by atoms with Crippen LogP contribution in [-0.2, 0) is 11.6 Å². The van der Waals surface area contributed by atoms with Crippen LogP contribution in [0.5, 0.6) is 11.5 Å². The van der Waals surface area contributed by atoms with Gasteiger partial charge in [0.05, 0.1) is 36.8 Å². The zero-order valence-electron chi connectivity index (χ0n) is 15.4. The van der Waals surface area contributed by atoms with Gasteiger partial charge < -0.3 is 23.8 Å². The summed E-state index contributed by atoms with van der Waals surface area (Å²) in [5.74, 6) is 1.85. The molecule has 0 aliphatic carbocycles. The van der Waals surface area contributed by atoms with Gasteiger partial charge >= 0.3 is 7.60 Å². The number of aryl methyl sites for hydroxylation is 1. The van der Waals surface area contributed by atoms with Gasteiger partial charge in [-0.15, -0.1) is 0 Å². The van der Waals surface area contributed by atoms with Gasteiger partial charge in [-0.25, -0.2) is 4.98 Å². The van der Waals surface area contributed by atoms with E-state index < -0.39 is 7.60 Å². The summed E-state index contributed by atoms with van der Waals surface area (Å²) >= 11 is 0. The lowest BCUT2D eigenvalue weighted by atomic mass is 10.1. The van der Waals surface area contributed by atoms with E-state index in [0.717, 1.165) is 22.0 Å². The molecule has 0 aliphatic rings. The first-order chi connectivity index (χ1) is 13.3. The van der Waals surface area contributed by atoms with Crippen molar-refractivity contribution in [2.75, 3.05) is 14.2 Å². The number of hydrogen-bond acceptors (Lipinski definition) is 5. The second kappa shape index (κ2) is 6.60. The van der Waals surface area contributed by atoms with Crippen LogP contribution in [0.25, 0.3) is 33.3 Å². The van der Waals surface area contributed by atoms with Crippen molar-refractivity contribution in [1.29, 1.82) is 0 Å². The first-order valence-electron chi connectivity index (χ1n) is 8.37. The van der Waals surface area contributed by atoms with E-state index >= 15 is 0 Å². The predicted molar refractivity (Wildman–Crippen MR) is 106 cm³/mol. The maximum Gasteiger partial charge on any atom is 0.356 e. The molecule has 28 heavy (non-hydrogen) atoms. The van der Waals surface area contributed by atoms with Gasteiger partial charge in [-0.05, 0) is 18.2 Å². The fourth-order valence-electron chi connectivity index (χ4n) is 3.29. The number of ether oxygens (including phenoxy) is 2. The van der Waals surface area contributed by atoms with Crippen LogP contribution in [-0.4, -0.2) is 38.5 Å². The third-order valence-electron chi connectivity index (χ3n) is 4.67. The topological polar surface area (TPSA) is 107 Å². The Labute approximate surface area is 160 Å². The number of benzene rings is 2. The molecule has 0 fully saturated rings. The molecule has 2 aromatic carbocycles. The highest BCUT2D eigenvalue weighted by molar-refractivity contribution is 7.60. The zero-order valence-corrected chi connectivity index (χ0v) is 16.3. The van der Waals surface area contributed by atoms with E-state index in [1.54, 1.807) is 32.5 Å². The fraction of sp³-hybridized carbons (Fsp3) is 0.158. The lowest BCUT2D eigenvalue weighted by Gasteiger charge is -2.10. The predicted octanol–water partition coefficient (Wildman–Crippen LogP) is 2.61. The second-order valence-corrected chi connectivity index (χ2v) is 7.91. The molecule has 2 N–H and O–H groups in total. The molecule has 0 unspecified atom stereocenters. The number of pyridine rings is 1. The van der Waals surface area contributed by atoms with E-state index in [-0.39, 0.29) is 5.30 Å². The Kier molecular flexibility index (Phi) is 4.34. The van der Waals surface area contributed by atoms with Crippen LogP contribution in [0.2, 0.25) is 0 Å². The SMILES string of the molecule is COc1cc2ncc3nc(-c4ccc(P(=O)(O)O)cc4)n(C)c3c2cc1OC. The van der Waals surface area contributed by atoms with Crippen molar-refractivity contribution in [3.05, 3.63) is 42.6 Å². The summed E-state index contributed by atoms with van der Waals surface area (Å²) in [6.07, 6.45) is 1.69. The number of nitrogens with zero attached hydrogens (tertiary/aromatic N) is 3. The van der Waals surface area contributed by atoms with Crippen molar-refractivity contribution in [3.63, 3.8) is 0 Å². The summed E-state index contributed by atoms with van der Waals surface area (Å²) < 4.78 is 24.1. The van der Waals surface area contributed by atoms with Crippen molar-refractivity contribution in [2.24, 2.45) is 7.05 Å². The lowest BCUT2D eigenvalue weighted by molar-refractivity contribution is 0.356. The van der Waals surface area contributed by atoms with Gasteiger partial charge in [-0.2, -0.15) is 0 Å². The average Bonchev–Trinajstić information content (AvgIpc) is 3.03. The lowest BCUT2D eigenvalue weighted by Crippen LogP contribution is -2.03. The molecule has 0 amide bonds. The standard InChI is InChI=1S/C19H18N3O5P/c1-22-18-13-8-16(26-2)17(27-3)9-14(13)20-10-15(18)21-19(22)11-4-6-12(7-5-11)28(23,24)25/h4-10H,1-3H3,(H2,23,24,25). The molecule has 0 radical (unpaired) electrons. The number of fused-ring (bicyclic) bond motifs is 3. The van der Waals surface area contributed by atoms with Crippen LogP contribution in [0, 0.1) is 0 Å². The highest BCUT2D eigenvalue weighted by atomic mass is 31.2. The molecule has 0 spiro atoms. The molecule has 9 heteroatoms. The molecule has 0 atom stereocenters. The van der Waals surface area contributed by atoms with Crippen molar-refractivity contribution >= 4 is 34.8 Å². The third kappa shape index (κ3) is 2.92. The maximum atomic E-state index is 11.4. The summed E-state index contributed by atoms with van der Waals surface area (Å²) in [5, 5.41) is 0.835. The summed E-state index contributed by atoms with van der Waals surface area (Å²) in [6.45, 7) is 0. The third-order valence-corrected chi connectivity index (χ3v) is 5.64. The highest BCUT2D eigenvalue weighted by Crippen LogP contribution is 2.36. The van der Waals surface area contributed by atoms with Crippen LogP contribution in [0.3, 0.4) is 0 Å². The largest absolute Gasteiger partial charge is 0.493 e. The first-order valence-corrected chi connectivity index (χ1v) is 9.98. The van der Waals surface area contributed by atoms with E-state index in [0.29, 0.717) is 22.8 Å². The molecular weight excluding hydrogens is 381 g/mol. The Hall–Kier alpha value is -2.93. The molecule has 2 heterocycles. The average molecular weight is 399 g/mol. The maximum absolute atomic E-state index is 11.4. The van der Waals surface area contributed by atoms with E-state index in [9.17, 15) is 14.4 Å². The van der Waals surface area contributed by atoms with Crippen molar-refractivity contribution in [2.45, 2.75) is 0 Å². The Morgan fingerprint density at radius 1 is 1.00 bits per heavy atom. The Balaban J connectivity index is 1.93. The number of methoxy groups -OCH3 is 2. The Morgan fingerprint density at radius 3 is 2.25 bits per heavy atom. The van der Waals surface area contributed by atoms with Gasteiger partial charge in [0.15, 0.2) is 11.5 Å². The molecule has 4 rings (SSSR count). The van der Waals surface area contributed by atoms with Gasteiger partial charge in [0.2, 0.25) is 0 Å². The fourth-order valence-corrected chi connectivity index (χ4v) is 3.82. The molecule has 0 aliphatic heterocycles. The summed E-state index contributed by atoms with van der Waals surface area (Å²) in [5.41, 5.74) is 3.07. The molecule has 2 aromatic heterocycles. The number of aromatic nitrogens is 3. The van der Waals surface area contributed by atoms with Crippen molar-refractivity contribution in [1.82, 2.24) is 14.5 Å². The van der Waals surface area contributed by atoms with E-state index in [1.165, 1.54) is 12.1 Å². The van der Waals surface area contributed by atoms with Gasteiger partial charge in [0, 0.05) is 24.1 Å². The molecule has 0 saturated heterocycles. The monoisotopic (exact) mass is 399 g/mol. The van der Waals surface area contributed by atoms with E-state index in [4.69, 9.17) is 9.47 Å². The minimum Gasteiger partial charge on any atom is -0.493 e. The quantitative estimate of drug-likeness (QED) is 0.508. The summed E-state index contributed by atoms with van der Waals surface area (Å²) in [6, 6.07) is 9.81. The van der Waals surface area contributed by atoms with Crippen LogP contribution in [0.1, 0.15) is 0 Å². The van der Waals surface area contributed by atoms with Crippen LogP contribution < -0.4 is 14.8 Å². The van der Waals surface area contributed by atoms with Gasteiger partial charge in [0.25, 0.3) is 0 Å². The first kappa shape index (κ1) is 18.4. The normalized spacial score (nSPS) is 11.9. The van der Waals surface area contributed by atoms with Crippen molar-refractivity contribution in [3.8, 4) is 22.9 Å². The van der Waals surface area contributed by atoms with Gasteiger partial charge in [0.1, 0.15) is 11.3 Å². The zero-order chi connectivity index (χ0) is 20.1. The van der Waals surface area contributed by atoms with Gasteiger partial charge in [-0.1, -0.05) is 12.1 Å². The molecular formula is C19H18N3O5P. The molecule has 4 aromatic rings. The van der Waals surface area contributed by atoms with E-state index in [1.807, 2.05) is 23.7 Å². The Bertz CT molecular complexity index is 1240. The van der Waals surface area contributed by atoms with Gasteiger partial charge in [-0.3, -0.25) is 9.55 Å². The number of hydrogen-bond donors (Lipinski definition) is 2. The van der Waals surface area contributed by atoms with Crippen LogP contribution >= 0.6 is 7.60 Å². The van der Waals surface area contributed by atoms with Crippen LogP contribution in [0.15, 0.2) is 42.6 Å². The molecule has 0 bridgehead atoms. The van der Waals surface area contributed by atoms with Crippen molar-refractivity contribution < 1.29 is 23.8 Å². The molecule has 8 nitrogen and oxygen atoms in total. The molecule has 144 valence electrons. The smallest absolute Gasteiger partial charge is 0.356 e. The van der Waals surface area contributed by atoms with Crippen LogP contribution in [0.4, 0.5) is 0 Å². The number of rotatable bonds is 4.